The van der Waals surface area contributed by atoms with Gasteiger partial charge in [0, 0.05) is 18.0 Å². The maximum Gasteiger partial charge on any atom is 0.320 e. The van der Waals surface area contributed by atoms with Gasteiger partial charge in [-0.15, -0.1) is 0 Å². The van der Waals surface area contributed by atoms with Crippen LogP contribution in [0.2, 0.25) is 0 Å². The number of nitrogens with two attached hydrogens (primary N) is 1. The molecule has 0 aromatic rings. The largest absolute Gasteiger partial charge is 0.458 e. The van der Waals surface area contributed by atoms with Crippen LogP contribution in [0.15, 0.2) is 0 Å². The van der Waals surface area contributed by atoms with E-state index in [1.807, 2.05) is 20.8 Å². The zero-order chi connectivity index (χ0) is 24.2. The molecule has 0 aromatic carbocycles. The van der Waals surface area contributed by atoms with E-state index in [1.54, 1.807) is 0 Å². The van der Waals surface area contributed by atoms with E-state index >= 15 is 0 Å². The fourth-order valence-corrected chi connectivity index (χ4v) is 8.97. The summed E-state index contributed by atoms with van der Waals surface area (Å²) in [6.45, 7) is 13.6. The van der Waals surface area contributed by atoms with E-state index in [0.29, 0.717) is 29.6 Å². The topological polar surface area (TPSA) is 81.4 Å². The number of Topliss-reactive ketones (excluding diaryl/α,β-unsaturated/α-hetero) is 1. The van der Waals surface area contributed by atoms with Crippen molar-refractivity contribution in [2.45, 2.75) is 110 Å². The Labute approximate surface area is 201 Å². The molecule has 8 atom stereocenters. The molecule has 4 saturated carbocycles. The molecule has 0 saturated heterocycles. The monoisotopic (exact) mass is 460 g/mol. The van der Waals surface area contributed by atoms with Crippen LogP contribution < -0.4 is 11.1 Å². The number of esters is 1. The molecule has 33 heavy (non-hydrogen) atoms. The van der Waals surface area contributed by atoms with Crippen molar-refractivity contribution in [3.8, 4) is 0 Å². The lowest BCUT2D eigenvalue weighted by Crippen LogP contribution is -2.56. The van der Waals surface area contributed by atoms with Gasteiger partial charge in [0.1, 0.15) is 11.4 Å². The Bertz CT molecular complexity index is 776. The van der Waals surface area contributed by atoms with Crippen LogP contribution in [0.4, 0.5) is 0 Å². The summed E-state index contributed by atoms with van der Waals surface area (Å²) in [5, 5.41) is 3.15. The molecule has 0 heterocycles. The van der Waals surface area contributed by atoms with Crippen LogP contribution in [0, 0.1) is 40.4 Å². The second-order valence-electron chi connectivity index (χ2n) is 13.7. The minimum atomic E-state index is -0.357. The van der Waals surface area contributed by atoms with Crippen molar-refractivity contribution < 1.29 is 14.3 Å². The Morgan fingerprint density at radius 3 is 2.33 bits per heavy atom. The lowest BCUT2D eigenvalue weighted by atomic mass is 9.44. The summed E-state index contributed by atoms with van der Waals surface area (Å²) in [5.41, 5.74) is 5.87. The minimum absolute atomic E-state index is 0.159. The number of fused-ring (bicyclic) bond motifs is 5. The fraction of sp³-hybridized carbons (Fsp3) is 0.929. The zero-order valence-corrected chi connectivity index (χ0v) is 22.0. The third-order valence-electron chi connectivity index (χ3n) is 10.6. The van der Waals surface area contributed by atoms with Crippen LogP contribution in [0.5, 0.6) is 0 Å². The van der Waals surface area contributed by atoms with Crippen LogP contribution >= 0.6 is 0 Å². The molecule has 0 bridgehead atoms. The van der Waals surface area contributed by atoms with Crippen LogP contribution in [0.1, 0.15) is 99.3 Å². The third-order valence-corrected chi connectivity index (χ3v) is 10.6. The first kappa shape index (κ1) is 25.2. The molecule has 4 fully saturated rings. The van der Waals surface area contributed by atoms with E-state index < -0.39 is 0 Å². The first-order valence-electron chi connectivity index (χ1n) is 13.5. The van der Waals surface area contributed by atoms with Gasteiger partial charge in [-0.1, -0.05) is 13.8 Å². The van der Waals surface area contributed by atoms with Crippen molar-refractivity contribution in [3.63, 3.8) is 0 Å². The maximum atomic E-state index is 12.6. The van der Waals surface area contributed by atoms with E-state index in [-0.39, 0.29) is 35.0 Å². The highest BCUT2D eigenvalue weighted by molar-refractivity contribution is 5.79. The van der Waals surface area contributed by atoms with E-state index in [9.17, 15) is 9.59 Å². The number of rotatable bonds is 6. The van der Waals surface area contributed by atoms with E-state index in [2.05, 4.69) is 26.1 Å². The smallest absolute Gasteiger partial charge is 0.320 e. The van der Waals surface area contributed by atoms with E-state index in [4.69, 9.17) is 10.5 Å². The SMILES string of the molecule is CC(=O)[C@H]1CC[C@H]2[C@@H]3CC[C@H]4C[C@](C)(OC(=O)CNCC(C)(C)N)CC[C@]4(C)[C@H]3CC[C@]12C. The van der Waals surface area contributed by atoms with Crippen LogP contribution in [-0.4, -0.2) is 36.0 Å². The van der Waals surface area contributed by atoms with Crippen LogP contribution in [0.3, 0.4) is 0 Å². The molecule has 0 spiro atoms. The molecule has 4 aliphatic carbocycles. The van der Waals surface area contributed by atoms with Gasteiger partial charge in [0.2, 0.25) is 0 Å². The van der Waals surface area contributed by atoms with Crippen molar-refractivity contribution in [2.75, 3.05) is 13.1 Å². The fourth-order valence-electron chi connectivity index (χ4n) is 8.97. The standard InChI is InChI=1S/C28H48N2O3/c1-18(31)21-9-10-22-20-8-7-19-15-26(4,33-24(32)16-30-17-25(2,3)29)13-14-27(19,5)23(20)11-12-28(21,22)6/h19-23,30H,7-17,29H2,1-6H3/t19-,20-,21+,22-,23-,26+,27-,28+/m0/s1. The van der Waals surface area contributed by atoms with Crippen molar-refractivity contribution in [1.29, 1.82) is 0 Å². The van der Waals surface area contributed by atoms with Gasteiger partial charge in [0.05, 0.1) is 6.54 Å². The van der Waals surface area contributed by atoms with Gasteiger partial charge in [-0.05, 0) is 120 Å². The summed E-state index contributed by atoms with van der Waals surface area (Å²) in [5.74, 6) is 3.40. The minimum Gasteiger partial charge on any atom is -0.458 e. The first-order chi connectivity index (χ1) is 15.3. The van der Waals surface area contributed by atoms with Gasteiger partial charge in [0.15, 0.2) is 0 Å². The second-order valence-corrected chi connectivity index (χ2v) is 13.7. The highest BCUT2D eigenvalue weighted by Crippen LogP contribution is 2.68. The number of carbonyl (C=O) groups is 2. The van der Waals surface area contributed by atoms with Crippen molar-refractivity contribution in [2.24, 2.45) is 46.2 Å². The first-order valence-corrected chi connectivity index (χ1v) is 13.5. The predicted octanol–water partition coefficient (Wildman–Crippen LogP) is 4.86. The van der Waals surface area contributed by atoms with E-state index in [0.717, 1.165) is 37.5 Å². The molecule has 188 valence electrons. The highest BCUT2D eigenvalue weighted by Gasteiger charge is 2.61. The Morgan fingerprint density at radius 1 is 0.970 bits per heavy atom. The van der Waals surface area contributed by atoms with Crippen molar-refractivity contribution in [1.82, 2.24) is 5.32 Å². The Morgan fingerprint density at radius 2 is 1.67 bits per heavy atom. The molecular weight excluding hydrogens is 412 g/mol. The molecule has 3 N–H and O–H groups in total. The molecule has 0 aliphatic heterocycles. The summed E-state index contributed by atoms with van der Waals surface area (Å²) in [6.07, 6.45) is 10.4. The summed E-state index contributed by atoms with van der Waals surface area (Å²) in [6, 6.07) is 0. The van der Waals surface area contributed by atoms with Gasteiger partial charge in [0.25, 0.3) is 0 Å². The number of hydrogen-bond acceptors (Lipinski definition) is 5. The van der Waals surface area contributed by atoms with Gasteiger partial charge in [-0.25, -0.2) is 0 Å². The second kappa shape index (κ2) is 8.62. The predicted molar refractivity (Wildman–Crippen MR) is 132 cm³/mol. The zero-order valence-electron chi connectivity index (χ0n) is 22.0. The number of hydrogen-bond donors (Lipinski definition) is 2. The van der Waals surface area contributed by atoms with Crippen LogP contribution in [0.25, 0.3) is 0 Å². The van der Waals surface area contributed by atoms with Gasteiger partial charge >= 0.3 is 5.97 Å². The number of carbonyl (C=O) groups excluding carboxylic acids is 2. The quantitative estimate of drug-likeness (QED) is 0.553. The van der Waals surface area contributed by atoms with Gasteiger partial charge in [-0.2, -0.15) is 0 Å². The summed E-state index contributed by atoms with van der Waals surface area (Å²) in [4.78, 5) is 24.9. The average Bonchev–Trinajstić information content (AvgIpc) is 3.05. The molecule has 0 unspecified atom stereocenters. The molecule has 5 heteroatoms. The molecule has 0 radical (unpaired) electrons. The lowest BCUT2D eigenvalue weighted by Gasteiger charge is -2.62. The van der Waals surface area contributed by atoms with Gasteiger partial charge < -0.3 is 15.8 Å². The number of ketones is 1. The Hall–Kier alpha value is -0.940. The Kier molecular flexibility index (Phi) is 6.57. The Balaban J connectivity index is 1.40. The molecule has 4 rings (SSSR count). The lowest BCUT2D eigenvalue weighted by molar-refractivity contribution is -0.180. The highest BCUT2D eigenvalue weighted by atomic mass is 16.6. The normalized spacial score (nSPS) is 45.0. The third kappa shape index (κ3) is 4.66. The maximum absolute atomic E-state index is 12.6. The van der Waals surface area contributed by atoms with Gasteiger partial charge in [-0.3, -0.25) is 9.59 Å². The molecular formula is C28H48N2O3. The molecule has 0 aromatic heterocycles. The number of ether oxygens (including phenoxy) is 1. The summed E-state index contributed by atoms with van der Waals surface area (Å²) >= 11 is 0. The molecule has 0 amide bonds. The van der Waals surface area contributed by atoms with E-state index in [1.165, 1.54) is 32.1 Å². The summed E-state index contributed by atoms with van der Waals surface area (Å²) in [7, 11) is 0. The summed E-state index contributed by atoms with van der Waals surface area (Å²) < 4.78 is 6.07. The van der Waals surface area contributed by atoms with Crippen LogP contribution in [-0.2, 0) is 14.3 Å². The molecule has 5 nitrogen and oxygen atoms in total. The van der Waals surface area contributed by atoms with Crippen molar-refractivity contribution >= 4 is 11.8 Å². The molecule has 4 aliphatic rings. The van der Waals surface area contributed by atoms with Crippen molar-refractivity contribution in [3.05, 3.63) is 0 Å². The average molecular weight is 461 g/mol. The number of nitrogens with one attached hydrogen (secondary N) is 1.